The van der Waals surface area contributed by atoms with Crippen LogP contribution in [-0.2, 0) is 0 Å². The van der Waals surface area contributed by atoms with Crippen LogP contribution in [0.2, 0.25) is 0 Å². The highest BCUT2D eigenvalue weighted by atomic mass is 32.1. The van der Waals surface area contributed by atoms with Gasteiger partial charge in [-0.05, 0) is 58.1 Å². The average Bonchev–Trinajstić information content (AvgIpc) is 3.10. The van der Waals surface area contributed by atoms with E-state index in [4.69, 9.17) is 9.72 Å². The second-order valence-electron chi connectivity index (χ2n) is 7.34. The van der Waals surface area contributed by atoms with Crippen molar-refractivity contribution < 1.29 is 9.53 Å². The van der Waals surface area contributed by atoms with E-state index in [1.165, 1.54) is 0 Å². The molecule has 0 spiro atoms. The van der Waals surface area contributed by atoms with Crippen molar-refractivity contribution in [2.75, 3.05) is 39.2 Å². The highest BCUT2D eigenvalue weighted by Gasteiger charge is 2.24. The first kappa shape index (κ1) is 20.3. The van der Waals surface area contributed by atoms with Gasteiger partial charge in [0.15, 0.2) is 5.13 Å². The Balaban J connectivity index is 2.10. The summed E-state index contributed by atoms with van der Waals surface area (Å²) in [5.74, 6) is 0.716. The lowest BCUT2D eigenvalue weighted by atomic mass is 10.0. The molecular formula is C22H27N3O2S. The minimum Gasteiger partial charge on any atom is -0.494 e. The summed E-state index contributed by atoms with van der Waals surface area (Å²) in [5, 5.41) is 0.704. The average molecular weight is 398 g/mol. The smallest absolute Gasteiger partial charge is 0.260 e. The van der Waals surface area contributed by atoms with E-state index in [1.54, 1.807) is 23.3 Å². The molecular weight excluding hydrogens is 370 g/mol. The van der Waals surface area contributed by atoms with Crippen LogP contribution in [0, 0.1) is 20.8 Å². The molecule has 2 aromatic carbocycles. The molecule has 5 nitrogen and oxygen atoms in total. The van der Waals surface area contributed by atoms with Gasteiger partial charge in [0.1, 0.15) is 11.3 Å². The number of thiazole rings is 1. The number of rotatable bonds is 6. The van der Waals surface area contributed by atoms with Crippen molar-refractivity contribution in [1.82, 2.24) is 9.88 Å². The molecule has 0 radical (unpaired) electrons. The van der Waals surface area contributed by atoms with Crippen LogP contribution in [-0.4, -0.2) is 50.1 Å². The van der Waals surface area contributed by atoms with Gasteiger partial charge in [-0.1, -0.05) is 35.1 Å². The fourth-order valence-electron chi connectivity index (χ4n) is 3.07. The zero-order valence-corrected chi connectivity index (χ0v) is 18.2. The molecule has 0 bridgehead atoms. The van der Waals surface area contributed by atoms with E-state index < -0.39 is 0 Å². The van der Waals surface area contributed by atoms with E-state index in [0.717, 1.165) is 44.8 Å². The molecule has 0 saturated heterocycles. The van der Waals surface area contributed by atoms with Gasteiger partial charge in [-0.25, -0.2) is 4.98 Å². The van der Waals surface area contributed by atoms with Crippen LogP contribution >= 0.6 is 11.3 Å². The summed E-state index contributed by atoms with van der Waals surface area (Å²) in [5.41, 5.74) is 4.71. The number of anilines is 1. The summed E-state index contributed by atoms with van der Waals surface area (Å²) >= 11 is 1.54. The van der Waals surface area contributed by atoms with Crippen LogP contribution < -0.4 is 9.64 Å². The Morgan fingerprint density at radius 2 is 1.79 bits per heavy atom. The maximum absolute atomic E-state index is 13.5. The number of hydrogen-bond donors (Lipinski definition) is 0. The maximum Gasteiger partial charge on any atom is 0.260 e. The van der Waals surface area contributed by atoms with E-state index in [-0.39, 0.29) is 5.91 Å². The minimum atomic E-state index is -0.0151. The standard InChI is InChI=1S/C22H27N3O2S/c1-14-7-8-15(2)17(13-14)21(26)25(12-11-24(4)5)22-23-19-18(27-6)10-9-16(3)20(19)28-22/h7-10,13H,11-12H2,1-6H3. The maximum atomic E-state index is 13.5. The Morgan fingerprint density at radius 3 is 2.46 bits per heavy atom. The normalized spacial score (nSPS) is 11.2. The molecule has 0 N–H and O–H groups in total. The number of fused-ring (bicyclic) bond motifs is 1. The third-order valence-corrected chi connectivity index (χ3v) is 6.00. The number of nitrogens with zero attached hydrogens (tertiary/aromatic N) is 3. The van der Waals surface area contributed by atoms with Gasteiger partial charge in [-0.15, -0.1) is 0 Å². The molecule has 0 fully saturated rings. The summed E-state index contributed by atoms with van der Waals surface area (Å²) in [4.78, 5) is 22.2. The number of amides is 1. The molecule has 0 unspecified atom stereocenters. The lowest BCUT2D eigenvalue weighted by molar-refractivity contribution is 0.0984. The Labute approximate surface area is 170 Å². The Morgan fingerprint density at radius 1 is 1.07 bits per heavy atom. The van der Waals surface area contributed by atoms with E-state index in [2.05, 4.69) is 11.8 Å². The molecule has 0 aliphatic rings. The number of aromatic nitrogens is 1. The SMILES string of the molecule is COc1ccc(C)c2sc(N(CCN(C)C)C(=O)c3cc(C)ccc3C)nc12. The zero-order valence-electron chi connectivity index (χ0n) is 17.4. The van der Waals surface area contributed by atoms with Crippen molar-refractivity contribution in [3.05, 3.63) is 52.6 Å². The summed E-state index contributed by atoms with van der Waals surface area (Å²) in [6.45, 7) is 7.36. The topological polar surface area (TPSA) is 45.7 Å². The van der Waals surface area contributed by atoms with Gasteiger partial charge in [-0.3, -0.25) is 9.69 Å². The number of benzene rings is 2. The number of carbonyl (C=O) groups is 1. The van der Waals surface area contributed by atoms with Crippen LogP contribution in [0.15, 0.2) is 30.3 Å². The van der Waals surface area contributed by atoms with Crippen molar-refractivity contribution in [2.24, 2.45) is 0 Å². The van der Waals surface area contributed by atoms with Crippen LogP contribution in [0.1, 0.15) is 27.0 Å². The lowest BCUT2D eigenvalue weighted by Crippen LogP contribution is -2.37. The predicted molar refractivity (Wildman–Crippen MR) is 117 cm³/mol. The largest absolute Gasteiger partial charge is 0.494 e. The van der Waals surface area contributed by atoms with Gasteiger partial charge in [0.05, 0.1) is 11.8 Å². The molecule has 28 heavy (non-hydrogen) atoms. The second-order valence-corrected chi connectivity index (χ2v) is 8.31. The van der Waals surface area contributed by atoms with Gasteiger partial charge in [0, 0.05) is 18.7 Å². The Hall–Kier alpha value is -2.44. The fourth-order valence-corrected chi connectivity index (χ4v) is 4.15. The molecule has 0 aliphatic carbocycles. The van der Waals surface area contributed by atoms with E-state index in [9.17, 15) is 4.79 Å². The van der Waals surface area contributed by atoms with Crippen molar-refractivity contribution in [1.29, 1.82) is 0 Å². The Bertz CT molecular complexity index is 1010. The van der Waals surface area contributed by atoms with Gasteiger partial charge in [0.2, 0.25) is 0 Å². The minimum absolute atomic E-state index is 0.0151. The summed E-state index contributed by atoms with van der Waals surface area (Å²) < 4.78 is 6.54. The molecule has 6 heteroatoms. The van der Waals surface area contributed by atoms with Crippen LogP contribution in [0.5, 0.6) is 5.75 Å². The van der Waals surface area contributed by atoms with Gasteiger partial charge >= 0.3 is 0 Å². The summed E-state index contributed by atoms with van der Waals surface area (Å²) in [7, 11) is 5.66. The molecule has 1 aromatic heterocycles. The molecule has 0 saturated carbocycles. The lowest BCUT2D eigenvalue weighted by Gasteiger charge is -2.23. The molecule has 1 amide bonds. The molecule has 0 aliphatic heterocycles. The third kappa shape index (κ3) is 4.03. The van der Waals surface area contributed by atoms with Crippen molar-refractivity contribution in [3.8, 4) is 5.75 Å². The highest BCUT2D eigenvalue weighted by molar-refractivity contribution is 7.22. The van der Waals surface area contributed by atoms with Gasteiger partial charge in [-0.2, -0.15) is 0 Å². The van der Waals surface area contributed by atoms with Crippen LogP contribution in [0.4, 0.5) is 5.13 Å². The number of aryl methyl sites for hydroxylation is 3. The Kier molecular flexibility index (Phi) is 6.01. The third-order valence-electron chi connectivity index (χ3n) is 4.78. The number of methoxy groups -OCH3 is 1. The quantitative estimate of drug-likeness (QED) is 0.617. The molecule has 3 rings (SSSR count). The molecule has 1 heterocycles. The highest BCUT2D eigenvalue weighted by Crippen LogP contribution is 2.37. The van der Waals surface area contributed by atoms with Crippen LogP contribution in [0.25, 0.3) is 10.2 Å². The fraction of sp³-hybridized carbons (Fsp3) is 0.364. The predicted octanol–water partition coefficient (Wildman–Crippen LogP) is 4.44. The zero-order chi connectivity index (χ0) is 20.4. The van der Waals surface area contributed by atoms with E-state index in [1.807, 2.05) is 58.3 Å². The first-order valence-corrected chi connectivity index (χ1v) is 10.1. The number of likely N-dealkylation sites (N-methyl/N-ethyl adjacent to an activating group) is 1. The molecule has 148 valence electrons. The van der Waals surface area contributed by atoms with Gasteiger partial charge in [0.25, 0.3) is 5.91 Å². The summed E-state index contributed by atoms with van der Waals surface area (Å²) in [6, 6.07) is 9.94. The van der Waals surface area contributed by atoms with Crippen molar-refractivity contribution >= 4 is 32.6 Å². The number of carbonyl (C=O) groups excluding carboxylic acids is 1. The van der Waals surface area contributed by atoms with Gasteiger partial charge < -0.3 is 9.64 Å². The summed E-state index contributed by atoms with van der Waals surface area (Å²) in [6.07, 6.45) is 0. The van der Waals surface area contributed by atoms with E-state index >= 15 is 0 Å². The van der Waals surface area contributed by atoms with Crippen molar-refractivity contribution in [2.45, 2.75) is 20.8 Å². The first-order valence-electron chi connectivity index (χ1n) is 9.29. The van der Waals surface area contributed by atoms with Crippen molar-refractivity contribution in [3.63, 3.8) is 0 Å². The monoisotopic (exact) mass is 397 g/mol. The number of ether oxygens (including phenoxy) is 1. The molecule has 3 aromatic rings. The second kappa shape index (κ2) is 8.29. The number of hydrogen-bond acceptors (Lipinski definition) is 5. The first-order chi connectivity index (χ1) is 13.3. The van der Waals surface area contributed by atoms with E-state index in [0.29, 0.717) is 11.7 Å². The van der Waals surface area contributed by atoms with Crippen LogP contribution in [0.3, 0.4) is 0 Å². The molecule has 0 atom stereocenters.